The summed E-state index contributed by atoms with van der Waals surface area (Å²) in [6, 6.07) is 10.1. The molecule has 0 amide bonds. The van der Waals surface area contributed by atoms with Crippen LogP contribution in [0.15, 0.2) is 49.1 Å². The molecule has 80 valence electrons. The van der Waals surface area contributed by atoms with E-state index >= 15 is 0 Å². The predicted molar refractivity (Wildman–Crippen MR) is 67.5 cm³/mol. The molecule has 0 bridgehead atoms. The molecule has 0 aliphatic carbocycles. The van der Waals surface area contributed by atoms with Crippen LogP contribution in [0.2, 0.25) is 0 Å². The maximum Gasteiger partial charge on any atom is 0.0360 e. The Bertz CT molecular complexity index is 336. The van der Waals surface area contributed by atoms with Gasteiger partial charge in [-0.05, 0) is 11.5 Å². The summed E-state index contributed by atoms with van der Waals surface area (Å²) in [5, 5.41) is 3.29. The Morgan fingerprint density at radius 3 is 2.33 bits per heavy atom. The van der Waals surface area contributed by atoms with E-state index in [1.807, 2.05) is 30.3 Å². The summed E-state index contributed by atoms with van der Waals surface area (Å²) in [6.45, 7) is 13.1. The van der Waals surface area contributed by atoms with Crippen molar-refractivity contribution in [3.63, 3.8) is 0 Å². The Kier molecular flexibility index (Phi) is 4.17. The monoisotopic (exact) mass is 201 g/mol. The van der Waals surface area contributed by atoms with Crippen molar-refractivity contribution in [2.45, 2.75) is 13.8 Å². The Labute approximate surface area is 92.5 Å². The Morgan fingerprint density at radius 1 is 1.20 bits per heavy atom. The second kappa shape index (κ2) is 5.40. The van der Waals surface area contributed by atoms with Gasteiger partial charge >= 0.3 is 0 Å². The SMILES string of the molecule is C=C(NCC(=C)C(C)C)c1ccccc1. The topological polar surface area (TPSA) is 12.0 Å². The van der Waals surface area contributed by atoms with Gasteiger partial charge in [-0.25, -0.2) is 0 Å². The van der Waals surface area contributed by atoms with Crippen LogP contribution in [0.4, 0.5) is 0 Å². The van der Waals surface area contributed by atoms with Gasteiger partial charge in [0.15, 0.2) is 0 Å². The molecule has 1 heteroatoms. The molecule has 0 unspecified atom stereocenters. The van der Waals surface area contributed by atoms with Crippen molar-refractivity contribution in [3.8, 4) is 0 Å². The zero-order valence-corrected chi connectivity index (χ0v) is 9.59. The molecule has 0 fully saturated rings. The molecule has 1 rings (SSSR count). The van der Waals surface area contributed by atoms with E-state index in [9.17, 15) is 0 Å². The number of hydrogen-bond acceptors (Lipinski definition) is 1. The van der Waals surface area contributed by atoms with Crippen LogP contribution in [-0.2, 0) is 0 Å². The smallest absolute Gasteiger partial charge is 0.0360 e. The van der Waals surface area contributed by atoms with Crippen molar-refractivity contribution in [1.29, 1.82) is 0 Å². The van der Waals surface area contributed by atoms with Gasteiger partial charge < -0.3 is 5.32 Å². The minimum Gasteiger partial charge on any atom is -0.381 e. The normalized spacial score (nSPS) is 10.1. The lowest BCUT2D eigenvalue weighted by molar-refractivity contribution is 0.727. The standard InChI is InChI=1S/C14H19N/c1-11(2)12(3)10-15-13(4)14-8-6-5-7-9-14/h5-9,11,15H,3-4,10H2,1-2H3. The van der Waals surface area contributed by atoms with Crippen molar-refractivity contribution in [2.24, 2.45) is 5.92 Å². The number of benzene rings is 1. The Morgan fingerprint density at radius 2 is 1.80 bits per heavy atom. The molecule has 0 atom stereocenters. The van der Waals surface area contributed by atoms with E-state index in [0.717, 1.165) is 17.8 Å². The Balaban J connectivity index is 2.48. The summed E-state index contributed by atoms with van der Waals surface area (Å²) in [5.74, 6) is 0.515. The third kappa shape index (κ3) is 3.62. The molecule has 0 aliphatic heterocycles. The zero-order chi connectivity index (χ0) is 11.3. The van der Waals surface area contributed by atoms with Gasteiger partial charge in [-0.2, -0.15) is 0 Å². The molecule has 1 nitrogen and oxygen atoms in total. The molecular formula is C14H19N. The molecule has 15 heavy (non-hydrogen) atoms. The van der Waals surface area contributed by atoms with Crippen molar-refractivity contribution < 1.29 is 0 Å². The van der Waals surface area contributed by atoms with E-state index in [4.69, 9.17) is 0 Å². The summed E-state index contributed by atoms with van der Waals surface area (Å²) < 4.78 is 0. The highest BCUT2D eigenvalue weighted by molar-refractivity contribution is 5.61. The van der Waals surface area contributed by atoms with Gasteiger partial charge in [0, 0.05) is 12.2 Å². The molecule has 1 aromatic rings. The van der Waals surface area contributed by atoms with Crippen LogP contribution in [0.3, 0.4) is 0 Å². The zero-order valence-electron chi connectivity index (χ0n) is 9.59. The molecule has 1 aromatic carbocycles. The van der Waals surface area contributed by atoms with Crippen LogP contribution < -0.4 is 5.32 Å². The molecule has 0 aliphatic rings. The van der Waals surface area contributed by atoms with Crippen molar-refractivity contribution in [3.05, 3.63) is 54.6 Å². The van der Waals surface area contributed by atoms with Crippen LogP contribution in [0.1, 0.15) is 19.4 Å². The molecule has 1 N–H and O–H groups in total. The molecule has 0 aromatic heterocycles. The highest BCUT2D eigenvalue weighted by atomic mass is 14.9. The average molecular weight is 201 g/mol. The second-order valence-corrected chi connectivity index (χ2v) is 4.01. The first-order chi connectivity index (χ1) is 7.11. The second-order valence-electron chi connectivity index (χ2n) is 4.01. The maximum absolute atomic E-state index is 4.02. The molecule has 0 radical (unpaired) electrons. The van der Waals surface area contributed by atoms with E-state index in [1.165, 1.54) is 5.57 Å². The van der Waals surface area contributed by atoms with Gasteiger partial charge in [0.1, 0.15) is 0 Å². The first kappa shape index (κ1) is 11.6. The summed E-state index contributed by atoms with van der Waals surface area (Å²) in [4.78, 5) is 0. The van der Waals surface area contributed by atoms with Gasteiger partial charge in [0.25, 0.3) is 0 Å². The molecular weight excluding hydrogens is 182 g/mol. The molecule has 0 spiro atoms. The summed E-state index contributed by atoms with van der Waals surface area (Å²) in [5.41, 5.74) is 3.29. The van der Waals surface area contributed by atoms with Crippen LogP contribution in [0.5, 0.6) is 0 Å². The first-order valence-electron chi connectivity index (χ1n) is 5.27. The lowest BCUT2D eigenvalue weighted by atomic mass is 10.1. The van der Waals surface area contributed by atoms with Gasteiger partial charge in [-0.15, -0.1) is 0 Å². The number of nitrogens with one attached hydrogen (secondary N) is 1. The predicted octanol–water partition coefficient (Wildman–Crippen LogP) is 3.46. The fraction of sp³-hybridized carbons (Fsp3) is 0.286. The molecule has 0 saturated heterocycles. The third-order valence-corrected chi connectivity index (χ3v) is 2.47. The van der Waals surface area contributed by atoms with Crippen LogP contribution >= 0.6 is 0 Å². The van der Waals surface area contributed by atoms with Gasteiger partial charge in [-0.1, -0.05) is 62.9 Å². The van der Waals surface area contributed by atoms with Crippen molar-refractivity contribution >= 4 is 5.70 Å². The van der Waals surface area contributed by atoms with Crippen molar-refractivity contribution in [1.82, 2.24) is 5.32 Å². The third-order valence-electron chi connectivity index (χ3n) is 2.47. The fourth-order valence-electron chi connectivity index (χ4n) is 1.17. The van der Waals surface area contributed by atoms with E-state index in [-0.39, 0.29) is 0 Å². The summed E-state index contributed by atoms with van der Waals surface area (Å²) in [6.07, 6.45) is 0. The average Bonchev–Trinajstić information content (AvgIpc) is 2.26. The van der Waals surface area contributed by atoms with E-state index in [2.05, 4.69) is 32.3 Å². The number of hydrogen-bond donors (Lipinski definition) is 1. The lowest BCUT2D eigenvalue weighted by Crippen LogP contribution is -2.16. The van der Waals surface area contributed by atoms with Gasteiger partial charge in [0.2, 0.25) is 0 Å². The fourth-order valence-corrected chi connectivity index (χ4v) is 1.17. The lowest BCUT2D eigenvalue weighted by Gasteiger charge is -2.13. The number of rotatable bonds is 5. The highest BCUT2D eigenvalue weighted by Crippen LogP contribution is 2.10. The highest BCUT2D eigenvalue weighted by Gasteiger charge is 2.01. The van der Waals surface area contributed by atoms with E-state index in [0.29, 0.717) is 5.92 Å². The first-order valence-corrected chi connectivity index (χ1v) is 5.27. The van der Waals surface area contributed by atoms with E-state index < -0.39 is 0 Å². The van der Waals surface area contributed by atoms with Crippen molar-refractivity contribution in [2.75, 3.05) is 6.54 Å². The van der Waals surface area contributed by atoms with Crippen LogP contribution in [0, 0.1) is 5.92 Å². The minimum atomic E-state index is 0.515. The largest absolute Gasteiger partial charge is 0.381 e. The van der Waals surface area contributed by atoms with Gasteiger partial charge in [0.05, 0.1) is 0 Å². The quantitative estimate of drug-likeness (QED) is 0.719. The van der Waals surface area contributed by atoms with Crippen LogP contribution in [0.25, 0.3) is 5.70 Å². The van der Waals surface area contributed by atoms with Gasteiger partial charge in [-0.3, -0.25) is 0 Å². The molecule has 0 heterocycles. The van der Waals surface area contributed by atoms with E-state index in [1.54, 1.807) is 0 Å². The summed E-state index contributed by atoms with van der Waals surface area (Å²) in [7, 11) is 0. The van der Waals surface area contributed by atoms with Crippen LogP contribution in [-0.4, -0.2) is 6.54 Å². The summed E-state index contributed by atoms with van der Waals surface area (Å²) >= 11 is 0. The Hall–Kier alpha value is -1.50. The maximum atomic E-state index is 4.02. The minimum absolute atomic E-state index is 0.515. The molecule has 0 saturated carbocycles.